The van der Waals surface area contributed by atoms with Crippen molar-refractivity contribution in [3.05, 3.63) is 71.4 Å². The number of carbonyl (C=O) groups excluding carboxylic acids is 1. The van der Waals surface area contributed by atoms with E-state index in [9.17, 15) is 13.6 Å². The number of benzene rings is 2. The number of hydrogen-bond donors (Lipinski definition) is 2. The zero-order chi connectivity index (χ0) is 17.3. The summed E-state index contributed by atoms with van der Waals surface area (Å²) in [6.07, 6.45) is 1.45. The van der Waals surface area contributed by atoms with E-state index in [0.29, 0.717) is 16.5 Å². The molecule has 3 aromatic rings. The Morgan fingerprint density at radius 2 is 1.96 bits per heavy atom. The third-order valence-corrected chi connectivity index (χ3v) is 3.52. The highest BCUT2D eigenvalue weighted by molar-refractivity contribution is 6.04. The maximum Gasteiger partial charge on any atom is 0.265 e. The van der Waals surface area contributed by atoms with Gasteiger partial charge in [0.05, 0.1) is 11.1 Å². The summed E-state index contributed by atoms with van der Waals surface area (Å²) in [6, 6.07) is 9.83. The smallest absolute Gasteiger partial charge is 0.265 e. The predicted octanol–water partition coefficient (Wildman–Crippen LogP) is 3.26. The number of hydrogen-bond acceptors (Lipinski definition) is 3. The lowest BCUT2D eigenvalue weighted by Crippen LogP contribution is -2.13. The van der Waals surface area contributed by atoms with Crippen molar-refractivity contribution in [2.75, 3.05) is 0 Å². The van der Waals surface area contributed by atoms with Crippen LogP contribution in [0.15, 0.2) is 59.0 Å². The molecule has 0 aliphatic carbocycles. The monoisotopic (exact) mass is 327 g/mol. The first kappa shape index (κ1) is 15.5. The van der Waals surface area contributed by atoms with Crippen LogP contribution in [0.5, 0.6) is 0 Å². The SMILES string of the molecule is N=C(N=NN)c1ccc2c(ccn2C(=O)c2cccc(F)c2F)c1. The van der Waals surface area contributed by atoms with E-state index in [-0.39, 0.29) is 11.4 Å². The third kappa shape index (κ3) is 2.54. The number of carbonyl (C=O) groups is 1. The molecule has 3 N–H and O–H groups in total. The van der Waals surface area contributed by atoms with Gasteiger partial charge in [-0.2, -0.15) is 0 Å². The maximum atomic E-state index is 13.8. The van der Waals surface area contributed by atoms with Crippen molar-refractivity contribution in [2.24, 2.45) is 16.2 Å². The minimum absolute atomic E-state index is 0.130. The first-order valence-corrected chi connectivity index (χ1v) is 6.82. The molecular weight excluding hydrogens is 316 g/mol. The van der Waals surface area contributed by atoms with Gasteiger partial charge in [-0.15, -0.1) is 5.11 Å². The zero-order valence-electron chi connectivity index (χ0n) is 12.2. The van der Waals surface area contributed by atoms with E-state index in [0.717, 1.165) is 6.07 Å². The fourth-order valence-corrected chi connectivity index (χ4v) is 2.38. The van der Waals surface area contributed by atoms with Gasteiger partial charge in [0.1, 0.15) is 0 Å². The molecule has 0 fully saturated rings. The quantitative estimate of drug-likeness (QED) is 0.248. The van der Waals surface area contributed by atoms with Crippen molar-refractivity contribution in [3.63, 3.8) is 0 Å². The van der Waals surface area contributed by atoms with Crippen LogP contribution >= 0.6 is 0 Å². The summed E-state index contributed by atoms with van der Waals surface area (Å²) in [7, 11) is 0. The number of amidine groups is 1. The Labute approximate surface area is 134 Å². The second-order valence-electron chi connectivity index (χ2n) is 4.93. The molecular formula is C16H11F2N5O. The number of nitrogens with one attached hydrogen (secondary N) is 1. The average molecular weight is 327 g/mol. The highest BCUT2D eigenvalue weighted by Gasteiger charge is 2.18. The first-order chi connectivity index (χ1) is 11.5. The molecule has 3 rings (SSSR count). The van der Waals surface area contributed by atoms with Crippen LogP contribution in [-0.2, 0) is 0 Å². The molecule has 8 heteroatoms. The number of aromatic nitrogens is 1. The summed E-state index contributed by atoms with van der Waals surface area (Å²) in [5.74, 6) is 1.83. The van der Waals surface area contributed by atoms with Gasteiger partial charge in [0.15, 0.2) is 17.5 Å². The molecule has 2 aromatic carbocycles. The van der Waals surface area contributed by atoms with Gasteiger partial charge in [-0.25, -0.2) is 8.78 Å². The van der Waals surface area contributed by atoms with Gasteiger partial charge in [-0.3, -0.25) is 14.8 Å². The van der Waals surface area contributed by atoms with Gasteiger partial charge < -0.3 is 5.84 Å². The van der Waals surface area contributed by atoms with E-state index in [1.165, 1.54) is 22.9 Å². The van der Waals surface area contributed by atoms with Gasteiger partial charge in [0, 0.05) is 17.1 Å². The molecule has 0 unspecified atom stereocenters. The highest BCUT2D eigenvalue weighted by Crippen LogP contribution is 2.21. The minimum Gasteiger partial charge on any atom is -0.305 e. The summed E-state index contributed by atoms with van der Waals surface area (Å²) in [5, 5.41) is 14.8. The highest BCUT2D eigenvalue weighted by atomic mass is 19.2. The van der Waals surface area contributed by atoms with Crippen LogP contribution in [-0.4, -0.2) is 16.3 Å². The molecule has 0 saturated carbocycles. The lowest BCUT2D eigenvalue weighted by atomic mass is 10.1. The number of nitrogens with zero attached hydrogens (tertiary/aromatic N) is 3. The topological polar surface area (TPSA) is 96.6 Å². The average Bonchev–Trinajstić information content (AvgIpc) is 3.00. The second-order valence-corrected chi connectivity index (χ2v) is 4.93. The number of halogens is 2. The van der Waals surface area contributed by atoms with Crippen LogP contribution in [0.3, 0.4) is 0 Å². The fraction of sp³-hybridized carbons (Fsp3) is 0. The molecule has 0 amide bonds. The molecule has 120 valence electrons. The van der Waals surface area contributed by atoms with Crippen LogP contribution in [0.1, 0.15) is 15.9 Å². The number of rotatable bonds is 2. The summed E-state index contributed by atoms with van der Waals surface area (Å²) in [6.45, 7) is 0. The van der Waals surface area contributed by atoms with Crippen LogP contribution in [0, 0.1) is 17.0 Å². The normalized spacial score (nSPS) is 11.2. The molecule has 0 aliphatic rings. The zero-order valence-corrected chi connectivity index (χ0v) is 12.2. The number of nitrogens with two attached hydrogens (primary N) is 1. The lowest BCUT2D eigenvalue weighted by Gasteiger charge is -2.06. The van der Waals surface area contributed by atoms with Gasteiger partial charge in [-0.05, 0) is 36.4 Å². The van der Waals surface area contributed by atoms with Gasteiger partial charge in [0.25, 0.3) is 5.91 Å². The Hall–Kier alpha value is -3.42. The standard InChI is InChI=1S/C16H11F2N5O/c17-12-3-1-2-11(14(12)18)16(24)23-7-6-9-8-10(4-5-13(9)23)15(19)21-22-20/h1-8H,(H3,19,20,21). The van der Waals surface area contributed by atoms with Crippen molar-refractivity contribution in [3.8, 4) is 0 Å². The maximum absolute atomic E-state index is 13.8. The van der Waals surface area contributed by atoms with E-state index < -0.39 is 17.5 Å². The Kier molecular flexibility index (Phi) is 3.87. The molecule has 24 heavy (non-hydrogen) atoms. The molecule has 1 heterocycles. The molecule has 0 spiro atoms. The van der Waals surface area contributed by atoms with Crippen LogP contribution < -0.4 is 5.84 Å². The molecule has 0 bridgehead atoms. The third-order valence-electron chi connectivity index (χ3n) is 3.52. The van der Waals surface area contributed by atoms with E-state index in [2.05, 4.69) is 10.3 Å². The molecule has 6 nitrogen and oxygen atoms in total. The molecule has 1 aromatic heterocycles. The lowest BCUT2D eigenvalue weighted by molar-refractivity contribution is 0.0960. The minimum atomic E-state index is -1.19. The van der Waals surface area contributed by atoms with Gasteiger partial charge >= 0.3 is 0 Å². The van der Waals surface area contributed by atoms with Crippen molar-refractivity contribution in [2.45, 2.75) is 0 Å². The van der Waals surface area contributed by atoms with E-state index in [1.807, 2.05) is 0 Å². The molecule has 0 atom stereocenters. The Balaban J connectivity index is 2.06. The summed E-state index contributed by atoms with van der Waals surface area (Å²) in [4.78, 5) is 12.5. The van der Waals surface area contributed by atoms with Crippen molar-refractivity contribution in [1.82, 2.24) is 4.57 Å². The first-order valence-electron chi connectivity index (χ1n) is 6.82. The molecule has 0 aliphatic heterocycles. The van der Waals surface area contributed by atoms with Crippen molar-refractivity contribution >= 4 is 22.6 Å². The van der Waals surface area contributed by atoms with E-state index >= 15 is 0 Å². The van der Waals surface area contributed by atoms with Gasteiger partial charge in [0.2, 0.25) is 0 Å². The van der Waals surface area contributed by atoms with Crippen molar-refractivity contribution in [1.29, 1.82) is 5.41 Å². The van der Waals surface area contributed by atoms with Gasteiger partial charge in [-0.1, -0.05) is 11.3 Å². The largest absolute Gasteiger partial charge is 0.305 e. The number of fused-ring (bicyclic) bond motifs is 1. The van der Waals surface area contributed by atoms with E-state index in [1.54, 1.807) is 24.3 Å². The Bertz CT molecular complexity index is 993. The van der Waals surface area contributed by atoms with Crippen LogP contribution in [0.2, 0.25) is 0 Å². The summed E-state index contributed by atoms with van der Waals surface area (Å²) in [5.41, 5.74) is 0.588. The van der Waals surface area contributed by atoms with E-state index in [4.69, 9.17) is 11.3 Å². The van der Waals surface area contributed by atoms with Crippen LogP contribution in [0.25, 0.3) is 10.9 Å². The fourth-order valence-electron chi connectivity index (χ4n) is 2.38. The van der Waals surface area contributed by atoms with Crippen LogP contribution in [0.4, 0.5) is 8.78 Å². The molecule has 0 saturated heterocycles. The summed E-state index contributed by atoms with van der Waals surface area (Å²) < 4.78 is 28.4. The predicted molar refractivity (Wildman–Crippen MR) is 83.9 cm³/mol. The summed E-state index contributed by atoms with van der Waals surface area (Å²) >= 11 is 0. The molecule has 0 radical (unpaired) electrons. The Morgan fingerprint density at radius 3 is 2.71 bits per heavy atom. The van der Waals surface area contributed by atoms with Crippen molar-refractivity contribution < 1.29 is 13.6 Å². The Morgan fingerprint density at radius 1 is 1.17 bits per heavy atom. The second kappa shape index (κ2) is 5.99.